The van der Waals surface area contributed by atoms with Gasteiger partial charge in [-0.1, -0.05) is 59.6 Å². The molecule has 5 amide bonds. The number of imide groups is 1. The quantitative estimate of drug-likeness (QED) is 0.526. The number of piperazine rings is 1. The maximum absolute atomic E-state index is 13.5. The van der Waals surface area contributed by atoms with E-state index in [1.165, 1.54) is 4.90 Å². The Bertz CT molecular complexity index is 1320. The highest BCUT2D eigenvalue weighted by Gasteiger charge is 2.63. The number of urea groups is 2. The molecule has 1 N–H and O–H groups in total. The molecule has 0 aromatic heterocycles. The molecule has 166 valence electrons. The van der Waals surface area contributed by atoms with Crippen molar-refractivity contribution in [2.75, 3.05) is 16.8 Å². The van der Waals surface area contributed by atoms with Crippen LogP contribution in [0.1, 0.15) is 6.42 Å². The first-order valence-electron chi connectivity index (χ1n) is 10.6. The van der Waals surface area contributed by atoms with Crippen LogP contribution >= 0.6 is 23.2 Å². The van der Waals surface area contributed by atoms with Crippen molar-refractivity contribution in [2.45, 2.75) is 24.5 Å². The van der Waals surface area contributed by atoms with Crippen molar-refractivity contribution in [1.82, 2.24) is 9.80 Å². The molecule has 3 atom stereocenters. The fourth-order valence-electron chi connectivity index (χ4n) is 5.34. The van der Waals surface area contributed by atoms with E-state index >= 15 is 0 Å². The average molecular weight is 481 g/mol. The summed E-state index contributed by atoms with van der Waals surface area (Å²) in [6.07, 6.45) is 0.579. The van der Waals surface area contributed by atoms with Gasteiger partial charge in [0.05, 0.1) is 17.8 Å². The van der Waals surface area contributed by atoms with E-state index < -0.39 is 6.04 Å². The van der Waals surface area contributed by atoms with Crippen molar-refractivity contribution < 1.29 is 14.4 Å². The lowest BCUT2D eigenvalue weighted by molar-refractivity contribution is -0.120. The molecular weight excluding hydrogens is 463 g/mol. The maximum atomic E-state index is 13.5. The summed E-state index contributed by atoms with van der Waals surface area (Å²) >= 11 is 12.1. The molecule has 3 heterocycles. The third kappa shape index (κ3) is 3.07. The number of nitrogens with one attached hydrogen (secondary N) is 1. The first-order chi connectivity index (χ1) is 15.9. The van der Waals surface area contributed by atoms with E-state index in [9.17, 15) is 14.4 Å². The van der Waals surface area contributed by atoms with Gasteiger partial charge in [0, 0.05) is 27.7 Å². The van der Waals surface area contributed by atoms with Gasteiger partial charge in [-0.05, 0) is 36.1 Å². The van der Waals surface area contributed by atoms with Crippen LogP contribution in [0.15, 0.2) is 60.7 Å². The van der Waals surface area contributed by atoms with E-state index in [-0.39, 0.29) is 30.1 Å². The highest BCUT2D eigenvalue weighted by atomic mass is 35.5. The first kappa shape index (κ1) is 20.3. The summed E-state index contributed by atoms with van der Waals surface area (Å²) in [5, 5.41) is 5.42. The summed E-state index contributed by atoms with van der Waals surface area (Å²) in [5.41, 5.74) is 1.05. The molecule has 3 fully saturated rings. The Kier molecular flexibility index (Phi) is 4.54. The number of hydrogen-bond donors (Lipinski definition) is 1. The molecule has 3 aliphatic heterocycles. The molecule has 9 heteroatoms. The summed E-state index contributed by atoms with van der Waals surface area (Å²) in [6, 6.07) is 16.1. The Labute approximate surface area is 199 Å². The number of carbonyl (C=O) groups excluding carboxylic acids is 3. The van der Waals surface area contributed by atoms with Crippen LogP contribution in [0.3, 0.4) is 0 Å². The van der Waals surface area contributed by atoms with Crippen LogP contribution < -0.4 is 10.2 Å². The molecule has 0 spiro atoms. The topological polar surface area (TPSA) is 73.0 Å². The van der Waals surface area contributed by atoms with Gasteiger partial charge in [0.1, 0.15) is 6.04 Å². The number of anilines is 2. The minimum Gasteiger partial charge on any atom is -0.317 e. The zero-order valence-corrected chi connectivity index (χ0v) is 18.8. The minimum absolute atomic E-state index is 0.204. The van der Waals surface area contributed by atoms with Crippen LogP contribution in [0.5, 0.6) is 0 Å². The summed E-state index contributed by atoms with van der Waals surface area (Å²) in [4.78, 5) is 44.5. The number of likely N-dealkylation sites (tertiary alicyclic amines) is 1. The third-order valence-corrected chi connectivity index (χ3v) is 7.08. The number of carbonyl (C=O) groups is 3. The van der Waals surface area contributed by atoms with Gasteiger partial charge in [-0.15, -0.1) is 0 Å². The van der Waals surface area contributed by atoms with E-state index in [1.54, 1.807) is 34.1 Å². The largest absolute Gasteiger partial charge is 0.332 e. The fourth-order valence-corrected chi connectivity index (χ4v) is 5.86. The molecular formula is C24H18Cl2N4O3. The second-order valence-electron chi connectivity index (χ2n) is 8.50. The second kappa shape index (κ2) is 7.37. The molecule has 6 rings (SSSR count). The number of hydrogen-bond acceptors (Lipinski definition) is 3. The number of fused-ring (bicyclic) bond motifs is 6. The third-order valence-electron chi connectivity index (χ3n) is 6.65. The molecule has 2 bridgehead atoms. The summed E-state index contributed by atoms with van der Waals surface area (Å²) in [5.74, 6) is -0.299. The lowest BCUT2D eigenvalue weighted by Crippen LogP contribution is -2.55. The van der Waals surface area contributed by atoms with Gasteiger partial charge >= 0.3 is 12.1 Å². The molecule has 3 saturated heterocycles. The van der Waals surface area contributed by atoms with Gasteiger partial charge in [-0.2, -0.15) is 0 Å². The van der Waals surface area contributed by atoms with E-state index in [4.69, 9.17) is 23.2 Å². The zero-order chi connectivity index (χ0) is 22.9. The van der Waals surface area contributed by atoms with E-state index in [2.05, 4.69) is 5.32 Å². The summed E-state index contributed by atoms with van der Waals surface area (Å²) < 4.78 is 0. The Morgan fingerprint density at radius 1 is 0.970 bits per heavy atom. The molecule has 33 heavy (non-hydrogen) atoms. The van der Waals surface area contributed by atoms with Gasteiger partial charge < -0.3 is 15.1 Å². The van der Waals surface area contributed by atoms with E-state index in [0.717, 1.165) is 10.8 Å². The van der Waals surface area contributed by atoms with Crippen molar-refractivity contribution in [3.8, 4) is 0 Å². The van der Waals surface area contributed by atoms with Gasteiger partial charge in [-0.25, -0.2) is 14.5 Å². The molecule has 0 saturated carbocycles. The smallest absolute Gasteiger partial charge is 0.317 e. The van der Waals surface area contributed by atoms with Crippen LogP contribution in [-0.2, 0) is 4.79 Å². The van der Waals surface area contributed by atoms with Gasteiger partial charge in [-0.3, -0.25) is 4.79 Å². The second-order valence-corrected chi connectivity index (χ2v) is 9.38. The Morgan fingerprint density at radius 3 is 2.48 bits per heavy atom. The standard InChI is InChI=1S/C24H18Cl2N4O3/c25-14-8-15(26)10-16(9-14)27-23(32)28-12-17-11-20(28)21-22(31)30(24(33)29(17)21)19-7-3-5-13-4-1-2-6-18(13)19/h1-10,17,20-21H,11-12H2,(H,27,32)/t17-,20?,21+/m1/s1. The summed E-state index contributed by atoms with van der Waals surface area (Å²) in [7, 11) is 0. The monoisotopic (exact) mass is 480 g/mol. The Balaban J connectivity index is 1.29. The van der Waals surface area contributed by atoms with Crippen molar-refractivity contribution in [1.29, 1.82) is 0 Å². The zero-order valence-electron chi connectivity index (χ0n) is 17.2. The van der Waals surface area contributed by atoms with Crippen molar-refractivity contribution in [3.63, 3.8) is 0 Å². The molecule has 0 radical (unpaired) electrons. The molecule has 0 aliphatic carbocycles. The van der Waals surface area contributed by atoms with Crippen molar-refractivity contribution in [3.05, 3.63) is 70.7 Å². The SMILES string of the molecule is O=C1[C@@H]2C3C[C@H](CN3C(=O)Nc3cc(Cl)cc(Cl)c3)N2C(=O)N1c1cccc2ccccc12. The van der Waals surface area contributed by atoms with Crippen LogP contribution in [0, 0.1) is 0 Å². The van der Waals surface area contributed by atoms with Crippen LogP contribution in [0.25, 0.3) is 10.8 Å². The van der Waals surface area contributed by atoms with Crippen LogP contribution in [0.2, 0.25) is 10.0 Å². The number of amides is 5. The average Bonchev–Trinajstić information content (AvgIpc) is 3.44. The van der Waals surface area contributed by atoms with Gasteiger partial charge in [0.15, 0.2) is 0 Å². The summed E-state index contributed by atoms with van der Waals surface area (Å²) in [6.45, 7) is 0.365. The predicted octanol–water partition coefficient (Wildman–Crippen LogP) is 4.97. The normalized spacial score (nSPS) is 23.6. The lowest BCUT2D eigenvalue weighted by Gasteiger charge is -2.34. The molecule has 3 aromatic carbocycles. The predicted molar refractivity (Wildman–Crippen MR) is 127 cm³/mol. The Morgan fingerprint density at radius 2 is 1.70 bits per heavy atom. The van der Waals surface area contributed by atoms with E-state index in [0.29, 0.717) is 34.4 Å². The molecule has 1 unspecified atom stereocenters. The minimum atomic E-state index is -0.691. The number of rotatable bonds is 2. The van der Waals surface area contributed by atoms with Gasteiger partial charge in [0.2, 0.25) is 0 Å². The number of halogens is 2. The Hall–Kier alpha value is -3.29. The molecule has 7 nitrogen and oxygen atoms in total. The van der Waals surface area contributed by atoms with Crippen LogP contribution in [0.4, 0.5) is 21.0 Å². The van der Waals surface area contributed by atoms with Gasteiger partial charge in [0.25, 0.3) is 5.91 Å². The van der Waals surface area contributed by atoms with E-state index in [1.807, 2.05) is 36.4 Å². The van der Waals surface area contributed by atoms with Crippen LogP contribution in [-0.4, -0.2) is 52.4 Å². The van der Waals surface area contributed by atoms with Crippen molar-refractivity contribution in [2.24, 2.45) is 0 Å². The highest BCUT2D eigenvalue weighted by molar-refractivity contribution is 6.35. The number of nitrogens with zero attached hydrogens (tertiary/aromatic N) is 3. The van der Waals surface area contributed by atoms with Crippen molar-refractivity contribution >= 4 is 63.3 Å². The molecule has 3 aromatic rings. The number of benzene rings is 3. The molecule has 3 aliphatic rings. The highest BCUT2D eigenvalue weighted by Crippen LogP contribution is 2.43. The first-order valence-corrected chi connectivity index (χ1v) is 11.4. The fraction of sp³-hybridized carbons (Fsp3) is 0.208. The maximum Gasteiger partial charge on any atom is 0.332 e. The lowest BCUT2D eigenvalue weighted by atomic mass is 10.1.